The minimum absolute atomic E-state index is 0.304. The standard InChI is InChI=1S/C21H23N3O5/c1-14(25)21(2,20(27)23-28)24(3)19(26)18-11-9-17(10-12-18)16-7-5-15(6-8-16)13-22-29-4/h5-13,28H,1-4H3,(H,23,27)/b22-13+/t21-/m0/s1. The lowest BCUT2D eigenvalue weighted by Gasteiger charge is -2.34. The van der Waals surface area contributed by atoms with Crippen LogP contribution in [-0.4, -0.2) is 53.6 Å². The highest BCUT2D eigenvalue weighted by Crippen LogP contribution is 2.23. The Morgan fingerprint density at radius 2 is 1.59 bits per heavy atom. The molecule has 2 aromatic carbocycles. The van der Waals surface area contributed by atoms with Crippen LogP contribution in [0.25, 0.3) is 11.1 Å². The van der Waals surface area contributed by atoms with E-state index in [1.54, 1.807) is 30.5 Å². The zero-order valence-corrected chi connectivity index (χ0v) is 16.7. The number of hydrogen-bond acceptors (Lipinski definition) is 6. The number of carbonyl (C=O) groups excluding carboxylic acids is 3. The van der Waals surface area contributed by atoms with Crippen LogP contribution >= 0.6 is 0 Å². The molecular weight excluding hydrogens is 374 g/mol. The highest BCUT2D eigenvalue weighted by molar-refractivity contribution is 6.12. The van der Waals surface area contributed by atoms with Crippen molar-refractivity contribution in [2.45, 2.75) is 19.4 Å². The molecule has 29 heavy (non-hydrogen) atoms. The maximum Gasteiger partial charge on any atom is 0.276 e. The topological polar surface area (TPSA) is 108 Å². The quantitative estimate of drug-likeness (QED) is 0.322. The Kier molecular flexibility index (Phi) is 6.84. The smallest absolute Gasteiger partial charge is 0.276 e. The summed E-state index contributed by atoms with van der Waals surface area (Å²) in [6.45, 7) is 2.46. The van der Waals surface area contributed by atoms with Crippen LogP contribution in [0, 0.1) is 0 Å². The molecule has 0 spiro atoms. The number of amides is 2. The van der Waals surface area contributed by atoms with Crippen molar-refractivity contribution in [1.82, 2.24) is 10.4 Å². The molecule has 0 aliphatic rings. The second kappa shape index (κ2) is 9.11. The zero-order valence-electron chi connectivity index (χ0n) is 16.7. The van der Waals surface area contributed by atoms with Crippen LogP contribution in [0.5, 0.6) is 0 Å². The van der Waals surface area contributed by atoms with Crippen molar-refractivity contribution < 1.29 is 24.4 Å². The number of rotatable bonds is 7. The molecule has 8 heteroatoms. The van der Waals surface area contributed by atoms with Crippen LogP contribution in [0.4, 0.5) is 0 Å². The summed E-state index contributed by atoms with van der Waals surface area (Å²) in [4.78, 5) is 42.4. The first-order valence-electron chi connectivity index (χ1n) is 8.76. The summed E-state index contributed by atoms with van der Waals surface area (Å²) in [6.07, 6.45) is 1.59. The van der Waals surface area contributed by atoms with Crippen LogP contribution in [0.15, 0.2) is 53.7 Å². The van der Waals surface area contributed by atoms with Gasteiger partial charge in [-0.3, -0.25) is 19.6 Å². The lowest BCUT2D eigenvalue weighted by molar-refractivity contribution is -0.146. The van der Waals surface area contributed by atoms with E-state index in [2.05, 4.69) is 9.99 Å². The molecule has 2 amide bonds. The second-order valence-corrected chi connectivity index (χ2v) is 6.55. The SMILES string of the molecule is CO/N=C/c1ccc(-c2ccc(C(=O)N(C)[C@@](C)(C(C)=O)C(=O)NO)cc2)cc1. The molecule has 0 aromatic heterocycles. The summed E-state index contributed by atoms with van der Waals surface area (Å²) in [5.41, 5.74) is 2.65. The molecule has 0 unspecified atom stereocenters. The molecule has 0 fully saturated rings. The van der Waals surface area contributed by atoms with E-state index in [9.17, 15) is 14.4 Å². The third-order valence-electron chi connectivity index (χ3n) is 4.89. The number of nitrogens with zero attached hydrogens (tertiary/aromatic N) is 2. The van der Waals surface area contributed by atoms with E-state index in [-0.39, 0.29) is 0 Å². The highest BCUT2D eigenvalue weighted by Gasteiger charge is 2.44. The fraction of sp³-hybridized carbons (Fsp3) is 0.238. The summed E-state index contributed by atoms with van der Waals surface area (Å²) < 4.78 is 0. The number of hydrogen-bond donors (Lipinski definition) is 2. The van der Waals surface area contributed by atoms with Crippen molar-refractivity contribution in [3.8, 4) is 11.1 Å². The number of Topliss-reactive ketones (excluding diaryl/α,β-unsaturated/α-hetero) is 1. The Bertz CT molecular complexity index is 922. The largest absolute Gasteiger partial charge is 0.399 e. The van der Waals surface area contributed by atoms with Crippen LogP contribution in [-0.2, 0) is 14.4 Å². The average Bonchev–Trinajstić information content (AvgIpc) is 2.75. The predicted octanol–water partition coefficient (Wildman–Crippen LogP) is 2.26. The first-order valence-corrected chi connectivity index (χ1v) is 8.76. The molecule has 2 N–H and O–H groups in total. The summed E-state index contributed by atoms with van der Waals surface area (Å²) in [7, 11) is 2.81. The van der Waals surface area contributed by atoms with Crippen molar-refractivity contribution in [3.05, 3.63) is 59.7 Å². The molecule has 2 aromatic rings. The van der Waals surface area contributed by atoms with E-state index >= 15 is 0 Å². The fourth-order valence-electron chi connectivity index (χ4n) is 2.73. The molecule has 8 nitrogen and oxygen atoms in total. The fourth-order valence-corrected chi connectivity index (χ4v) is 2.73. The van der Waals surface area contributed by atoms with Crippen LogP contribution in [0.2, 0.25) is 0 Å². The Morgan fingerprint density at radius 1 is 1.07 bits per heavy atom. The molecule has 0 saturated carbocycles. The molecule has 0 bridgehead atoms. The number of carbonyl (C=O) groups is 3. The minimum Gasteiger partial charge on any atom is -0.399 e. The molecule has 0 aliphatic carbocycles. The first kappa shape index (κ1) is 21.8. The second-order valence-electron chi connectivity index (χ2n) is 6.55. The van der Waals surface area contributed by atoms with Gasteiger partial charge in [-0.05, 0) is 42.7 Å². The van der Waals surface area contributed by atoms with Crippen LogP contribution in [0.3, 0.4) is 0 Å². The van der Waals surface area contributed by atoms with Gasteiger partial charge in [0, 0.05) is 12.6 Å². The van der Waals surface area contributed by atoms with Gasteiger partial charge < -0.3 is 9.74 Å². The summed E-state index contributed by atoms with van der Waals surface area (Å²) in [5.74, 6) is -2.08. The predicted molar refractivity (Wildman–Crippen MR) is 108 cm³/mol. The van der Waals surface area contributed by atoms with Gasteiger partial charge in [-0.2, -0.15) is 0 Å². The molecule has 152 valence electrons. The van der Waals surface area contributed by atoms with Crippen LogP contribution < -0.4 is 5.48 Å². The Morgan fingerprint density at radius 3 is 2.03 bits per heavy atom. The van der Waals surface area contributed by atoms with Crippen molar-refractivity contribution >= 4 is 23.8 Å². The van der Waals surface area contributed by atoms with Gasteiger partial charge in [0.15, 0.2) is 11.3 Å². The van der Waals surface area contributed by atoms with Gasteiger partial charge >= 0.3 is 0 Å². The van der Waals surface area contributed by atoms with E-state index in [0.717, 1.165) is 21.6 Å². The lowest BCUT2D eigenvalue weighted by atomic mass is 9.93. The van der Waals surface area contributed by atoms with Gasteiger partial charge in [-0.25, -0.2) is 5.48 Å². The molecule has 0 heterocycles. The maximum atomic E-state index is 12.8. The third kappa shape index (κ3) is 4.49. The highest BCUT2D eigenvalue weighted by atomic mass is 16.6. The number of ketones is 1. The van der Waals surface area contributed by atoms with Gasteiger partial charge in [0.25, 0.3) is 11.8 Å². The summed E-state index contributed by atoms with van der Waals surface area (Å²) in [5, 5.41) is 12.7. The van der Waals surface area contributed by atoms with Crippen molar-refractivity contribution in [2.75, 3.05) is 14.2 Å². The Balaban J connectivity index is 2.25. The van der Waals surface area contributed by atoms with Crippen LogP contribution in [0.1, 0.15) is 29.8 Å². The molecule has 0 aliphatic heterocycles. The number of likely N-dealkylation sites (N-methyl/N-ethyl adjacent to an activating group) is 1. The Hall–Kier alpha value is -3.52. The van der Waals surface area contributed by atoms with Gasteiger partial charge in [-0.1, -0.05) is 41.6 Å². The van der Waals surface area contributed by atoms with E-state index in [4.69, 9.17) is 5.21 Å². The average molecular weight is 397 g/mol. The molecule has 2 rings (SSSR count). The van der Waals surface area contributed by atoms with Gasteiger partial charge in [-0.15, -0.1) is 0 Å². The first-order chi connectivity index (χ1) is 13.7. The van der Waals surface area contributed by atoms with E-state index in [1.165, 1.54) is 33.5 Å². The molecule has 1 atom stereocenters. The van der Waals surface area contributed by atoms with Crippen molar-refractivity contribution in [3.63, 3.8) is 0 Å². The van der Waals surface area contributed by atoms with Crippen molar-refractivity contribution in [1.29, 1.82) is 0 Å². The number of hydroxylamine groups is 1. The zero-order chi connectivity index (χ0) is 21.6. The van der Waals surface area contributed by atoms with E-state index in [1.807, 2.05) is 24.3 Å². The number of oxime groups is 1. The van der Waals surface area contributed by atoms with Crippen molar-refractivity contribution in [2.24, 2.45) is 5.16 Å². The normalized spacial score (nSPS) is 12.9. The Labute approximate surface area is 168 Å². The molecule has 0 saturated heterocycles. The summed E-state index contributed by atoms with van der Waals surface area (Å²) in [6, 6.07) is 14.4. The third-order valence-corrected chi connectivity index (χ3v) is 4.89. The monoisotopic (exact) mass is 397 g/mol. The van der Waals surface area contributed by atoms with Gasteiger partial charge in [0.2, 0.25) is 0 Å². The molecule has 0 radical (unpaired) electrons. The maximum absolute atomic E-state index is 12.8. The lowest BCUT2D eigenvalue weighted by Crippen LogP contribution is -2.61. The minimum atomic E-state index is -1.83. The number of benzene rings is 2. The number of nitrogens with one attached hydrogen (secondary N) is 1. The van der Waals surface area contributed by atoms with Gasteiger partial charge in [0.05, 0.1) is 6.21 Å². The van der Waals surface area contributed by atoms with Gasteiger partial charge in [0.1, 0.15) is 7.11 Å². The van der Waals surface area contributed by atoms with E-state index < -0.39 is 23.1 Å². The van der Waals surface area contributed by atoms with E-state index in [0.29, 0.717) is 5.56 Å². The summed E-state index contributed by atoms with van der Waals surface area (Å²) >= 11 is 0. The molecular formula is C21H23N3O5.